The third kappa shape index (κ3) is 4.69. The Morgan fingerprint density at radius 1 is 1.00 bits per heavy atom. The van der Waals surface area contributed by atoms with Crippen LogP contribution in [-0.2, 0) is 9.53 Å². The predicted octanol–water partition coefficient (Wildman–Crippen LogP) is 3.42. The lowest BCUT2D eigenvalue weighted by Gasteiger charge is -2.17. The van der Waals surface area contributed by atoms with E-state index in [1.54, 1.807) is 49.4 Å². The number of carbonyl (C=O) groups is 3. The van der Waals surface area contributed by atoms with Crippen molar-refractivity contribution < 1.29 is 19.1 Å². The van der Waals surface area contributed by atoms with Crippen LogP contribution in [0.15, 0.2) is 42.5 Å². The Hall–Kier alpha value is -3.15. The van der Waals surface area contributed by atoms with E-state index in [0.29, 0.717) is 22.5 Å². The van der Waals surface area contributed by atoms with Gasteiger partial charge in [-0.05, 0) is 62.7 Å². The maximum Gasteiger partial charge on any atom is 0.337 e. The molecular weight excluding hydrogens is 332 g/mol. The molecular formula is C20H22N2O4. The molecule has 0 aliphatic rings. The van der Waals surface area contributed by atoms with E-state index < -0.39 is 12.0 Å². The number of nitrogens with one attached hydrogen (secondary N) is 2. The van der Waals surface area contributed by atoms with Crippen LogP contribution in [0.5, 0.6) is 0 Å². The number of Topliss-reactive ketones (excluding diaryl/α,β-unsaturated/α-hetero) is 1. The molecule has 2 rings (SSSR count). The van der Waals surface area contributed by atoms with Gasteiger partial charge in [0.25, 0.3) is 0 Å². The summed E-state index contributed by atoms with van der Waals surface area (Å²) in [7, 11) is 1.32. The minimum atomic E-state index is -0.533. The second-order valence-corrected chi connectivity index (χ2v) is 6.01. The van der Waals surface area contributed by atoms with Gasteiger partial charge in [0.1, 0.15) is 6.04 Å². The first-order valence-electron chi connectivity index (χ1n) is 8.19. The Balaban J connectivity index is 2.07. The summed E-state index contributed by atoms with van der Waals surface area (Å²) in [6.45, 7) is 5.10. The summed E-state index contributed by atoms with van der Waals surface area (Å²) < 4.78 is 4.72. The van der Waals surface area contributed by atoms with Gasteiger partial charge in [0.2, 0.25) is 5.91 Å². The van der Waals surface area contributed by atoms with Crippen molar-refractivity contribution in [1.82, 2.24) is 0 Å². The summed E-state index contributed by atoms with van der Waals surface area (Å²) >= 11 is 0. The number of esters is 1. The Labute approximate surface area is 152 Å². The van der Waals surface area contributed by atoms with Gasteiger partial charge in [0, 0.05) is 16.9 Å². The zero-order valence-corrected chi connectivity index (χ0v) is 15.3. The highest BCUT2D eigenvalue weighted by Gasteiger charge is 2.15. The molecule has 2 N–H and O–H groups in total. The normalized spacial score (nSPS) is 11.4. The van der Waals surface area contributed by atoms with E-state index in [-0.39, 0.29) is 11.7 Å². The van der Waals surface area contributed by atoms with Crippen LogP contribution in [0.25, 0.3) is 0 Å². The van der Waals surface area contributed by atoms with Gasteiger partial charge in [-0.2, -0.15) is 0 Å². The molecule has 0 fully saturated rings. The molecule has 0 spiro atoms. The van der Waals surface area contributed by atoms with Crippen LogP contribution < -0.4 is 10.6 Å². The van der Waals surface area contributed by atoms with Gasteiger partial charge in [0.15, 0.2) is 5.78 Å². The number of methoxy groups -OCH3 is 1. The van der Waals surface area contributed by atoms with Crippen molar-refractivity contribution in [2.75, 3.05) is 17.7 Å². The number of rotatable bonds is 6. The SMILES string of the molecule is COC(=O)c1ccc(C)c(N[C@@H](C)C(=O)Nc2ccc(C(C)=O)cc2)c1. The molecule has 6 heteroatoms. The van der Waals surface area contributed by atoms with Gasteiger partial charge < -0.3 is 15.4 Å². The van der Waals surface area contributed by atoms with Gasteiger partial charge in [-0.25, -0.2) is 4.79 Å². The molecule has 0 aliphatic heterocycles. The highest BCUT2D eigenvalue weighted by atomic mass is 16.5. The third-order valence-electron chi connectivity index (χ3n) is 3.98. The molecule has 2 aromatic rings. The number of aryl methyl sites for hydroxylation is 1. The summed E-state index contributed by atoms with van der Waals surface area (Å²) in [6.07, 6.45) is 0. The van der Waals surface area contributed by atoms with Gasteiger partial charge >= 0.3 is 5.97 Å². The fourth-order valence-corrected chi connectivity index (χ4v) is 2.36. The van der Waals surface area contributed by atoms with Crippen LogP contribution in [0.2, 0.25) is 0 Å². The van der Waals surface area contributed by atoms with Gasteiger partial charge in [-0.15, -0.1) is 0 Å². The number of ketones is 1. The van der Waals surface area contributed by atoms with Crippen molar-refractivity contribution >= 4 is 29.0 Å². The lowest BCUT2D eigenvalue weighted by Crippen LogP contribution is -2.32. The Kier molecular flexibility index (Phi) is 6.11. The number of hydrogen-bond donors (Lipinski definition) is 2. The Bertz CT molecular complexity index is 828. The Morgan fingerprint density at radius 3 is 2.19 bits per heavy atom. The highest BCUT2D eigenvalue weighted by Crippen LogP contribution is 2.19. The molecule has 0 saturated carbocycles. The van der Waals surface area contributed by atoms with Gasteiger partial charge in [-0.3, -0.25) is 9.59 Å². The minimum absolute atomic E-state index is 0.0288. The van der Waals surface area contributed by atoms with E-state index in [2.05, 4.69) is 10.6 Å². The van der Waals surface area contributed by atoms with Crippen LogP contribution >= 0.6 is 0 Å². The summed E-state index contributed by atoms with van der Waals surface area (Å²) in [5.74, 6) is -0.696. The topological polar surface area (TPSA) is 84.5 Å². The molecule has 0 aliphatic carbocycles. The lowest BCUT2D eigenvalue weighted by atomic mass is 10.1. The van der Waals surface area contributed by atoms with Crippen LogP contribution in [0, 0.1) is 6.92 Å². The molecule has 0 radical (unpaired) electrons. The average molecular weight is 354 g/mol. The largest absolute Gasteiger partial charge is 0.465 e. The highest BCUT2D eigenvalue weighted by molar-refractivity contribution is 5.98. The fraction of sp³-hybridized carbons (Fsp3) is 0.250. The number of amides is 1. The van der Waals surface area contributed by atoms with Crippen LogP contribution in [0.3, 0.4) is 0 Å². The zero-order chi connectivity index (χ0) is 19.3. The van der Waals surface area contributed by atoms with Crippen LogP contribution in [0.4, 0.5) is 11.4 Å². The summed E-state index contributed by atoms with van der Waals surface area (Å²) in [5, 5.41) is 5.90. The summed E-state index contributed by atoms with van der Waals surface area (Å²) in [5.41, 5.74) is 3.19. The first-order chi connectivity index (χ1) is 12.3. The molecule has 1 atom stereocenters. The van der Waals surface area contributed by atoms with Crippen molar-refractivity contribution in [2.24, 2.45) is 0 Å². The molecule has 1 amide bonds. The van der Waals surface area contributed by atoms with Crippen molar-refractivity contribution in [3.63, 3.8) is 0 Å². The molecule has 26 heavy (non-hydrogen) atoms. The number of benzene rings is 2. The smallest absolute Gasteiger partial charge is 0.337 e. The minimum Gasteiger partial charge on any atom is -0.465 e. The van der Waals surface area contributed by atoms with Gasteiger partial charge in [0.05, 0.1) is 12.7 Å². The standard InChI is InChI=1S/C20H22N2O4/c1-12-5-6-16(20(25)26-4)11-18(12)21-13(2)19(24)22-17-9-7-15(8-10-17)14(3)23/h5-11,13,21H,1-4H3,(H,22,24)/t13-/m0/s1. The number of carbonyl (C=O) groups excluding carboxylic acids is 3. The molecule has 136 valence electrons. The fourth-order valence-electron chi connectivity index (χ4n) is 2.36. The first kappa shape index (κ1) is 19.2. The van der Waals surface area contributed by atoms with E-state index >= 15 is 0 Å². The molecule has 0 aromatic heterocycles. The maximum atomic E-state index is 12.4. The lowest BCUT2D eigenvalue weighted by molar-refractivity contribution is -0.116. The molecule has 0 saturated heterocycles. The van der Waals surface area contributed by atoms with E-state index in [0.717, 1.165) is 5.56 Å². The molecule has 0 unspecified atom stereocenters. The first-order valence-corrected chi connectivity index (χ1v) is 8.19. The second-order valence-electron chi connectivity index (χ2n) is 6.01. The zero-order valence-electron chi connectivity index (χ0n) is 15.3. The van der Waals surface area contributed by atoms with E-state index in [1.807, 2.05) is 6.92 Å². The number of hydrogen-bond acceptors (Lipinski definition) is 5. The third-order valence-corrected chi connectivity index (χ3v) is 3.98. The van der Waals surface area contributed by atoms with E-state index in [4.69, 9.17) is 4.74 Å². The molecule has 0 bridgehead atoms. The molecule has 6 nitrogen and oxygen atoms in total. The van der Waals surface area contributed by atoms with Crippen LogP contribution in [0.1, 0.15) is 40.1 Å². The second kappa shape index (κ2) is 8.29. The van der Waals surface area contributed by atoms with Crippen LogP contribution in [-0.4, -0.2) is 30.8 Å². The van der Waals surface area contributed by atoms with Crippen molar-refractivity contribution in [3.05, 3.63) is 59.2 Å². The van der Waals surface area contributed by atoms with Crippen molar-refractivity contribution in [3.8, 4) is 0 Å². The van der Waals surface area contributed by atoms with Gasteiger partial charge in [-0.1, -0.05) is 6.07 Å². The summed E-state index contributed by atoms with van der Waals surface area (Å²) in [6, 6.07) is 11.3. The number of ether oxygens (including phenoxy) is 1. The predicted molar refractivity (Wildman–Crippen MR) is 101 cm³/mol. The van der Waals surface area contributed by atoms with E-state index in [1.165, 1.54) is 14.0 Å². The molecule has 0 heterocycles. The maximum absolute atomic E-state index is 12.4. The summed E-state index contributed by atoms with van der Waals surface area (Å²) in [4.78, 5) is 35.3. The van der Waals surface area contributed by atoms with Crippen molar-refractivity contribution in [1.29, 1.82) is 0 Å². The molecule has 2 aromatic carbocycles. The monoisotopic (exact) mass is 354 g/mol. The number of anilines is 2. The van der Waals surface area contributed by atoms with E-state index in [9.17, 15) is 14.4 Å². The van der Waals surface area contributed by atoms with Crippen molar-refractivity contribution in [2.45, 2.75) is 26.8 Å². The quantitative estimate of drug-likeness (QED) is 0.613. The Morgan fingerprint density at radius 2 is 1.62 bits per heavy atom. The average Bonchev–Trinajstić information content (AvgIpc) is 2.63.